The molecule has 1 saturated heterocycles. The maximum atomic E-state index is 5.87. The first-order valence-electron chi connectivity index (χ1n) is 8.82. The van der Waals surface area contributed by atoms with E-state index in [0.717, 1.165) is 38.5 Å². The summed E-state index contributed by atoms with van der Waals surface area (Å²) >= 11 is 0. The summed E-state index contributed by atoms with van der Waals surface area (Å²) in [7, 11) is 0. The molecule has 0 amide bonds. The van der Waals surface area contributed by atoms with Gasteiger partial charge in [-0.05, 0) is 35.5 Å². The molecule has 22 heavy (non-hydrogen) atoms. The highest BCUT2D eigenvalue weighted by Gasteiger charge is 2.56. The molecule has 0 bridgehead atoms. The average Bonchev–Trinajstić information content (AvgIpc) is 2.42. The molecule has 3 fully saturated rings. The topological polar surface area (TPSA) is 36.9 Å². The Morgan fingerprint density at radius 1 is 0.636 bits per heavy atom. The van der Waals surface area contributed by atoms with Crippen molar-refractivity contribution in [3.63, 3.8) is 0 Å². The van der Waals surface area contributed by atoms with Gasteiger partial charge in [-0.2, -0.15) is 19.6 Å². The van der Waals surface area contributed by atoms with Crippen molar-refractivity contribution in [2.24, 2.45) is 22.7 Å². The minimum absolute atomic E-state index is 0.163. The molecule has 2 atom stereocenters. The molecule has 1 aliphatic heterocycles. The van der Waals surface area contributed by atoms with Crippen LogP contribution in [-0.2, 0) is 19.6 Å². The fourth-order valence-corrected chi connectivity index (χ4v) is 4.18. The monoisotopic (exact) mass is 312 g/mol. The van der Waals surface area contributed by atoms with E-state index in [1.165, 1.54) is 0 Å². The normalized spacial score (nSPS) is 47.7. The van der Waals surface area contributed by atoms with Gasteiger partial charge in [0.25, 0.3) is 0 Å². The largest absolute Gasteiger partial charge is 0.234 e. The molecular weight excluding hydrogens is 280 g/mol. The van der Waals surface area contributed by atoms with Crippen LogP contribution in [0.4, 0.5) is 0 Å². The molecule has 3 aliphatic rings. The number of hydrogen-bond acceptors (Lipinski definition) is 4. The van der Waals surface area contributed by atoms with Gasteiger partial charge in [-0.3, -0.25) is 0 Å². The Bertz CT molecular complexity index is 381. The minimum Gasteiger partial charge on any atom is -0.195 e. The molecule has 3 rings (SSSR count). The first kappa shape index (κ1) is 16.7. The smallest absolute Gasteiger partial charge is 0.195 e. The van der Waals surface area contributed by atoms with Crippen LogP contribution in [0.15, 0.2) is 0 Å². The van der Waals surface area contributed by atoms with Gasteiger partial charge < -0.3 is 0 Å². The molecule has 0 aromatic carbocycles. The van der Waals surface area contributed by atoms with Crippen molar-refractivity contribution in [1.29, 1.82) is 0 Å². The first-order valence-corrected chi connectivity index (χ1v) is 8.82. The van der Waals surface area contributed by atoms with Crippen molar-refractivity contribution < 1.29 is 19.6 Å². The van der Waals surface area contributed by atoms with Crippen LogP contribution in [-0.4, -0.2) is 11.6 Å². The van der Waals surface area contributed by atoms with Crippen LogP contribution < -0.4 is 0 Å². The Hall–Kier alpha value is -0.160. The summed E-state index contributed by atoms with van der Waals surface area (Å²) in [5.41, 5.74) is 0.325. The summed E-state index contributed by atoms with van der Waals surface area (Å²) in [6.45, 7) is 13.7. The highest BCUT2D eigenvalue weighted by atomic mass is 17.4. The Balaban J connectivity index is 1.68. The lowest BCUT2D eigenvalue weighted by Crippen LogP contribution is -2.57. The second kappa shape index (κ2) is 5.17. The van der Waals surface area contributed by atoms with E-state index in [1.54, 1.807) is 0 Å². The fourth-order valence-electron chi connectivity index (χ4n) is 4.18. The third-order valence-electron chi connectivity index (χ3n) is 6.73. The molecule has 4 nitrogen and oxygen atoms in total. The van der Waals surface area contributed by atoms with Crippen molar-refractivity contribution in [2.45, 2.75) is 91.6 Å². The van der Waals surface area contributed by atoms with Crippen LogP contribution in [0.2, 0.25) is 0 Å². The van der Waals surface area contributed by atoms with Crippen molar-refractivity contribution in [1.82, 2.24) is 0 Å². The maximum absolute atomic E-state index is 5.87. The lowest BCUT2D eigenvalue weighted by Gasteiger charge is -2.53. The zero-order valence-electron chi connectivity index (χ0n) is 15.0. The Morgan fingerprint density at radius 2 is 0.955 bits per heavy atom. The van der Waals surface area contributed by atoms with E-state index in [1.807, 2.05) is 0 Å². The van der Waals surface area contributed by atoms with E-state index in [4.69, 9.17) is 19.6 Å². The van der Waals surface area contributed by atoms with Gasteiger partial charge >= 0.3 is 0 Å². The molecule has 2 aliphatic carbocycles. The van der Waals surface area contributed by atoms with Gasteiger partial charge in [-0.25, -0.2) is 0 Å². The Kier molecular flexibility index (Phi) is 3.92. The van der Waals surface area contributed by atoms with Crippen LogP contribution >= 0.6 is 0 Å². The van der Waals surface area contributed by atoms with Gasteiger partial charge in [-0.1, -0.05) is 41.5 Å². The van der Waals surface area contributed by atoms with Crippen molar-refractivity contribution in [3.8, 4) is 0 Å². The molecule has 0 radical (unpaired) electrons. The summed E-state index contributed by atoms with van der Waals surface area (Å²) in [6, 6.07) is 0. The van der Waals surface area contributed by atoms with Gasteiger partial charge in [0.1, 0.15) is 0 Å². The SMILES string of the molecule is CC1CCC2(CC1(C)C)OOC1(CCC(C)C(C)(C)C1)OO2. The van der Waals surface area contributed by atoms with Crippen molar-refractivity contribution >= 4 is 0 Å². The Morgan fingerprint density at radius 3 is 1.23 bits per heavy atom. The minimum atomic E-state index is -0.728. The molecule has 1 heterocycles. The van der Waals surface area contributed by atoms with Crippen molar-refractivity contribution in [3.05, 3.63) is 0 Å². The third kappa shape index (κ3) is 2.83. The molecule has 128 valence electrons. The van der Waals surface area contributed by atoms with E-state index in [2.05, 4.69) is 41.5 Å². The van der Waals surface area contributed by atoms with Gasteiger partial charge in [0.2, 0.25) is 11.6 Å². The number of hydrogen-bond donors (Lipinski definition) is 0. The van der Waals surface area contributed by atoms with E-state index in [0.29, 0.717) is 11.8 Å². The van der Waals surface area contributed by atoms with Crippen LogP contribution in [0.1, 0.15) is 80.1 Å². The van der Waals surface area contributed by atoms with E-state index in [9.17, 15) is 0 Å². The summed E-state index contributed by atoms with van der Waals surface area (Å²) in [6.07, 6.45) is 5.39. The van der Waals surface area contributed by atoms with Crippen LogP contribution in [0.25, 0.3) is 0 Å². The van der Waals surface area contributed by atoms with Crippen molar-refractivity contribution in [2.75, 3.05) is 0 Å². The standard InChI is InChI=1S/C18H32O4/c1-13-7-9-17(11-15(13,3)4)19-21-18(22-20-17)10-8-14(2)16(5,6)12-18/h13-14H,7-12H2,1-6H3. The quantitative estimate of drug-likeness (QED) is 0.591. The van der Waals surface area contributed by atoms with E-state index < -0.39 is 11.6 Å². The highest BCUT2D eigenvalue weighted by Crippen LogP contribution is 2.53. The lowest BCUT2D eigenvalue weighted by molar-refractivity contribution is -0.667. The fraction of sp³-hybridized carbons (Fsp3) is 1.00. The second-order valence-corrected chi connectivity index (χ2v) is 9.36. The lowest BCUT2D eigenvalue weighted by atomic mass is 9.67. The molecule has 0 N–H and O–H groups in total. The van der Waals surface area contributed by atoms with Gasteiger partial charge in [0.15, 0.2) is 0 Å². The van der Waals surface area contributed by atoms with Crippen LogP contribution in [0.3, 0.4) is 0 Å². The van der Waals surface area contributed by atoms with Gasteiger partial charge in [-0.15, -0.1) is 0 Å². The summed E-state index contributed by atoms with van der Waals surface area (Å²) in [5, 5.41) is 0. The molecular formula is C18H32O4. The third-order valence-corrected chi connectivity index (χ3v) is 6.73. The molecule has 2 unspecified atom stereocenters. The predicted octanol–water partition coefficient (Wildman–Crippen LogP) is 4.98. The maximum Gasteiger partial charge on any atom is 0.234 e. The van der Waals surface area contributed by atoms with E-state index in [-0.39, 0.29) is 10.8 Å². The van der Waals surface area contributed by atoms with Gasteiger partial charge in [0, 0.05) is 25.7 Å². The zero-order valence-corrected chi connectivity index (χ0v) is 15.0. The van der Waals surface area contributed by atoms with Gasteiger partial charge in [0.05, 0.1) is 0 Å². The number of rotatable bonds is 0. The highest BCUT2D eigenvalue weighted by molar-refractivity contribution is 4.92. The molecule has 4 heteroatoms. The van der Waals surface area contributed by atoms with Crippen LogP contribution in [0, 0.1) is 22.7 Å². The summed E-state index contributed by atoms with van der Waals surface area (Å²) < 4.78 is 0. The zero-order chi connectivity index (χ0) is 16.2. The second-order valence-electron chi connectivity index (χ2n) is 9.36. The average molecular weight is 312 g/mol. The molecule has 0 aromatic rings. The molecule has 0 aromatic heterocycles. The summed E-state index contributed by atoms with van der Waals surface area (Å²) in [4.78, 5) is 23.5. The first-order chi connectivity index (χ1) is 10.1. The summed E-state index contributed by atoms with van der Waals surface area (Å²) in [5.74, 6) is -0.158. The van der Waals surface area contributed by atoms with Crippen LogP contribution in [0.5, 0.6) is 0 Å². The molecule has 2 saturated carbocycles. The predicted molar refractivity (Wildman–Crippen MR) is 83.4 cm³/mol. The Labute approximate surface area is 134 Å². The molecule has 2 spiro atoms. The van der Waals surface area contributed by atoms with E-state index >= 15 is 0 Å².